The average molecular weight is 399 g/mol. The molecular weight excluding hydrogens is 378 g/mol. The molecule has 0 fully saturated rings. The highest BCUT2D eigenvalue weighted by Crippen LogP contribution is 2.25. The van der Waals surface area contributed by atoms with Crippen LogP contribution in [0.5, 0.6) is 5.75 Å². The molecule has 0 spiro atoms. The Morgan fingerprint density at radius 1 is 0.933 bits per heavy atom. The second kappa shape index (κ2) is 8.25. The zero-order valence-corrected chi connectivity index (χ0v) is 16.5. The molecule has 0 aliphatic heterocycles. The van der Waals surface area contributed by atoms with Gasteiger partial charge < -0.3 is 9.84 Å². The monoisotopic (exact) mass is 399 g/mol. The minimum atomic E-state index is -0.318. The molecule has 150 valence electrons. The number of aromatic hydroxyl groups is 1. The van der Waals surface area contributed by atoms with Gasteiger partial charge in [-0.2, -0.15) is 0 Å². The van der Waals surface area contributed by atoms with Crippen LogP contribution in [0.3, 0.4) is 0 Å². The molecule has 1 heterocycles. The number of fused-ring (bicyclic) bond motifs is 1. The lowest BCUT2D eigenvalue weighted by Gasteiger charge is -2.09. The summed E-state index contributed by atoms with van der Waals surface area (Å²) in [6.45, 7) is 2.09. The zero-order chi connectivity index (χ0) is 21.1. The van der Waals surface area contributed by atoms with Crippen molar-refractivity contribution in [2.24, 2.45) is 0 Å². The number of phenols is 1. The van der Waals surface area contributed by atoms with Crippen LogP contribution >= 0.6 is 0 Å². The van der Waals surface area contributed by atoms with Crippen LogP contribution in [0.25, 0.3) is 10.9 Å². The third-order valence-electron chi connectivity index (χ3n) is 5.02. The van der Waals surface area contributed by atoms with E-state index < -0.39 is 0 Å². The number of carbonyl (C=O) groups is 2. The fraction of sp³-hybridized carbons (Fsp3) is 0.120. The Hall–Kier alpha value is -3.86. The minimum Gasteiger partial charge on any atom is -0.508 e. The lowest BCUT2D eigenvalue weighted by molar-refractivity contribution is -0.144. The van der Waals surface area contributed by atoms with E-state index in [4.69, 9.17) is 4.74 Å². The van der Waals surface area contributed by atoms with E-state index in [1.807, 2.05) is 61.5 Å². The van der Waals surface area contributed by atoms with Crippen molar-refractivity contribution in [1.82, 2.24) is 4.57 Å². The maximum Gasteiger partial charge on any atom is 0.310 e. The van der Waals surface area contributed by atoms with Crippen LogP contribution in [-0.2, 0) is 22.6 Å². The summed E-state index contributed by atoms with van der Waals surface area (Å²) in [5, 5.41) is 10.3. The number of aromatic nitrogens is 1. The van der Waals surface area contributed by atoms with Crippen molar-refractivity contribution in [3.05, 3.63) is 101 Å². The van der Waals surface area contributed by atoms with E-state index in [2.05, 4.69) is 0 Å². The number of hydrogen-bond acceptors (Lipinski definition) is 4. The second-order valence-electron chi connectivity index (χ2n) is 7.15. The first kappa shape index (κ1) is 19.5. The van der Waals surface area contributed by atoms with Crippen LogP contribution < -0.4 is 0 Å². The molecule has 4 aromatic rings. The highest BCUT2D eigenvalue weighted by Gasteiger charge is 2.17. The highest BCUT2D eigenvalue weighted by atomic mass is 16.5. The first-order chi connectivity index (χ1) is 14.5. The van der Waals surface area contributed by atoms with Crippen molar-refractivity contribution in [2.75, 3.05) is 0 Å². The van der Waals surface area contributed by atoms with Gasteiger partial charge in [0.2, 0.25) is 0 Å². The van der Waals surface area contributed by atoms with Gasteiger partial charge in [-0.05, 0) is 54.4 Å². The number of rotatable bonds is 5. The molecule has 0 saturated carbocycles. The van der Waals surface area contributed by atoms with Gasteiger partial charge in [-0.25, -0.2) is 0 Å². The van der Waals surface area contributed by atoms with E-state index in [1.54, 1.807) is 16.7 Å². The van der Waals surface area contributed by atoms with Gasteiger partial charge >= 0.3 is 5.97 Å². The number of phenolic OH excluding ortho intramolecular Hbond substituents is 1. The molecule has 1 aromatic heterocycles. The van der Waals surface area contributed by atoms with E-state index in [0.29, 0.717) is 5.56 Å². The van der Waals surface area contributed by atoms with Crippen molar-refractivity contribution in [3.8, 4) is 5.75 Å². The maximum absolute atomic E-state index is 13.0. The largest absolute Gasteiger partial charge is 0.508 e. The Bertz CT molecular complexity index is 1210. The van der Waals surface area contributed by atoms with Crippen LogP contribution in [-0.4, -0.2) is 21.6 Å². The molecule has 1 N–H and O–H groups in total. The van der Waals surface area contributed by atoms with Gasteiger partial charge in [-0.3, -0.25) is 14.2 Å². The first-order valence-corrected chi connectivity index (χ1v) is 9.66. The first-order valence-electron chi connectivity index (χ1n) is 9.66. The van der Waals surface area contributed by atoms with E-state index in [-0.39, 0.29) is 30.7 Å². The fourth-order valence-corrected chi connectivity index (χ4v) is 3.53. The summed E-state index contributed by atoms with van der Waals surface area (Å²) >= 11 is 0. The van der Waals surface area contributed by atoms with Gasteiger partial charge in [0, 0.05) is 16.6 Å². The van der Waals surface area contributed by atoms with Gasteiger partial charge in [0.1, 0.15) is 12.4 Å². The van der Waals surface area contributed by atoms with Crippen molar-refractivity contribution < 1.29 is 19.4 Å². The van der Waals surface area contributed by atoms with Crippen molar-refractivity contribution in [2.45, 2.75) is 20.0 Å². The normalized spacial score (nSPS) is 10.8. The quantitative estimate of drug-likeness (QED) is 0.497. The molecule has 0 saturated heterocycles. The van der Waals surface area contributed by atoms with Gasteiger partial charge in [-0.15, -0.1) is 0 Å². The van der Waals surface area contributed by atoms with Crippen LogP contribution in [0.1, 0.15) is 27.2 Å². The second-order valence-corrected chi connectivity index (χ2v) is 7.15. The number of carbonyl (C=O) groups excluding carboxylic acids is 2. The standard InChI is InChI=1S/C25H21NO4/c1-17-14-22-20(15-24(28)30-16-18-6-3-2-4-7-18)8-5-9-23(22)26(17)25(29)19-10-12-21(27)13-11-19/h2-14,27H,15-16H2,1H3. The molecule has 4 rings (SSSR count). The molecule has 30 heavy (non-hydrogen) atoms. The Labute approximate surface area is 174 Å². The van der Waals surface area contributed by atoms with Crippen molar-refractivity contribution in [3.63, 3.8) is 0 Å². The fourth-order valence-electron chi connectivity index (χ4n) is 3.53. The van der Waals surface area contributed by atoms with Gasteiger partial charge in [0.05, 0.1) is 11.9 Å². The highest BCUT2D eigenvalue weighted by molar-refractivity contribution is 6.04. The smallest absolute Gasteiger partial charge is 0.310 e. The predicted octanol–water partition coefficient (Wildman–Crippen LogP) is 4.63. The Morgan fingerprint density at radius 2 is 1.67 bits per heavy atom. The summed E-state index contributed by atoms with van der Waals surface area (Å²) in [5.41, 5.74) is 3.73. The number of ether oxygens (including phenoxy) is 1. The summed E-state index contributed by atoms with van der Waals surface area (Å²) in [4.78, 5) is 25.4. The third kappa shape index (κ3) is 3.96. The summed E-state index contributed by atoms with van der Waals surface area (Å²) in [5.74, 6) is -0.398. The minimum absolute atomic E-state index is 0.108. The van der Waals surface area contributed by atoms with Crippen molar-refractivity contribution >= 4 is 22.8 Å². The summed E-state index contributed by atoms with van der Waals surface area (Å²) in [7, 11) is 0. The molecule has 5 heteroatoms. The average Bonchev–Trinajstić information content (AvgIpc) is 3.10. The Morgan fingerprint density at radius 3 is 2.40 bits per heavy atom. The van der Waals surface area contributed by atoms with E-state index in [0.717, 1.165) is 27.7 Å². The molecule has 0 amide bonds. The van der Waals surface area contributed by atoms with Crippen LogP contribution in [0.2, 0.25) is 0 Å². The third-order valence-corrected chi connectivity index (χ3v) is 5.02. The number of esters is 1. The van der Waals surface area contributed by atoms with Gasteiger partial charge in [0.15, 0.2) is 0 Å². The number of hydrogen-bond donors (Lipinski definition) is 1. The van der Waals surface area contributed by atoms with Crippen LogP contribution in [0, 0.1) is 6.92 Å². The van der Waals surface area contributed by atoms with Crippen LogP contribution in [0.4, 0.5) is 0 Å². The van der Waals surface area contributed by atoms with Crippen molar-refractivity contribution in [1.29, 1.82) is 0 Å². The number of aryl methyl sites for hydroxylation is 1. The summed E-state index contributed by atoms with van der Waals surface area (Å²) in [6, 6.07) is 23.2. The molecule has 5 nitrogen and oxygen atoms in total. The molecule has 0 unspecified atom stereocenters. The number of benzene rings is 3. The van der Waals surface area contributed by atoms with Gasteiger partial charge in [0.25, 0.3) is 5.91 Å². The topological polar surface area (TPSA) is 68.5 Å². The summed E-state index contributed by atoms with van der Waals surface area (Å²) < 4.78 is 7.04. The molecule has 3 aromatic carbocycles. The van der Waals surface area contributed by atoms with E-state index >= 15 is 0 Å². The maximum atomic E-state index is 13.0. The van der Waals surface area contributed by atoms with Crippen LogP contribution in [0.15, 0.2) is 78.9 Å². The van der Waals surface area contributed by atoms with E-state index in [9.17, 15) is 14.7 Å². The predicted molar refractivity (Wildman–Crippen MR) is 114 cm³/mol. The van der Waals surface area contributed by atoms with E-state index in [1.165, 1.54) is 12.1 Å². The molecule has 0 aliphatic rings. The molecule has 0 bridgehead atoms. The molecule has 0 radical (unpaired) electrons. The van der Waals surface area contributed by atoms with Gasteiger partial charge in [-0.1, -0.05) is 42.5 Å². The SMILES string of the molecule is Cc1cc2c(CC(=O)OCc3ccccc3)cccc2n1C(=O)c1ccc(O)cc1. The summed E-state index contributed by atoms with van der Waals surface area (Å²) in [6.07, 6.45) is 0.126. The lowest BCUT2D eigenvalue weighted by atomic mass is 10.1. The number of nitrogens with zero attached hydrogens (tertiary/aromatic N) is 1. The molecular formula is C25H21NO4. The molecule has 0 atom stereocenters. The Balaban J connectivity index is 1.58. The zero-order valence-electron chi connectivity index (χ0n) is 16.5. The lowest BCUT2D eigenvalue weighted by Crippen LogP contribution is -2.13. The molecule has 0 aliphatic carbocycles. The Kier molecular flexibility index (Phi) is 5.35.